The van der Waals surface area contributed by atoms with Crippen molar-refractivity contribution < 1.29 is 43.1 Å². The Kier molecular flexibility index (Phi) is 14.6. The molecule has 3 unspecified atom stereocenters. The zero-order valence-electron chi connectivity index (χ0n) is 34.3. The van der Waals surface area contributed by atoms with Gasteiger partial charge in [0.1, 0.15) is 17.4 Å². The van der Waals surface area contributed by atoms with Gasteiger partial charge in [-0.2, -0.15) is 5.48 Å². The zero-order chi connectivity index (χ0) is 44.0. The lowest BCUT2D eigenvalue weighted by molar-refractivity contribution is -0.137. The molecule has 3 aliphatic rings. The van der Waals surface area contributed by atoms with Crippen molar-refractivity contribution in [3.8, 4) is 0 Å². The number of carbonyl (C=O) groups is 6. The Morgan fingerprint density at radius 2 is 1.67 bits per heavy atom. The number of nitrogens with one attached hydrogen (secondary N) is 4. The van der Waals surface area contributed by atoms with Gasteiger partial charge in [-0.25, -0.2) is 9.18 Å². The highest BCUT2D eigenvalue weighted by Gasteiger charge is 2.34. The van der Waals surface area contributed by atoms with Crippen molar-refractivity contribution in [2.24, 2.45) is 11.8 Å². The maximum absolute atomic E-state index is 15.6. The summed E-state index contributed by atoms with van der Waals surface area (Å²) in [6.45, 7) is 6.72. The van der Waals surface area contributed by atoms with E-state index in [2.05, 4.69) is 21.4 Å². The lowest BCUT2D eigenvalue weighted by Gasteiger charge is -2.25. The largest absolute Gasteiger partial charge is 0.477 e. The maximum Gasteiger partial charge on any atom is 0.341 e. The number of rotatable bonds is 20. The van der Waals surface area contributed by atoms with E-state index in [-0.39, 0.29) is 83.9 Å². The molecule has 1 aliphatic carbocycles. The summed E-state index contributed by atoms with van der Waals surface area (Å²) in [5.74, 6) is -4.15. The van der Waals surface area contributed by atoms with Gasteiger partial charge in [0.15, 0.2) is 0 Å². The van der Waals surface area contributed by atoms with Crippen molar-refractivity contribution in [3.05, 3.63) is 80.9 Å². The van der Waals surface area contributed by atoms with E-state index in [1.165, 1.54) is 18.3 Å². The summed E-state index contributed by atoms with van der Waals surface area (Å²) >= 11 is 6.83. The van der Waals surface area contributed by atoms with Crippen LogP contribution in [-0.2, 0) is 35.4 Å². The molecule has 1 saturated carbocycles. The molecule has 0 spiro atoms. The monoisotopic (exact) mass is 863 g/mol. The van der Waals surface area contributed by atoms with Crippen LogP contribution in [0.2, 0.25) is 5.02 Å². The van der Waals surface area contributed by atoms with Gasteiger partial charge in [0, 0.05) is 62.2 Å². The second-order valence-corrected chi connectivity index (χ2v) is 16.5. The summed E-state index contributed by atoms with van der Waals surface area (Å²) in [6, 6.07) is 7.12. The van der Waals surface area contributed by atoms with E-state index in [9.17, 15) is 38.7 Å². The number of pyridine rings is 1. The van der Waals surface area contributed by atoms with Crippen LogP contribution in [0.3, 0.4) is 0 Å². The molecule has 1 saturated heterocycles. The molecule has 0 bridgehead atoms. The third kappa shape index (κ3) is 11.0. The second-order valence-electron chi connectivity index (χ2n) is 16.1. The molecule has 5 amide bonds. The molecular weight excluding hydrogens is 813 g/mol. The second kappa shape index (κ2) is 19.8. The van der Waals surface area contributed by atoms with E-state index in [1.54, 1.807) is 42.7 Å². The van der Waals surface area contributed by atoms with Gasteiger partial charge in [-0.3, -0.25) is 38.5 Å². The van der Waals surface area contributed by atoms with Crippen molar-refractivity contribution in [2.75, 3.05) is 36.4 Å². The first-order valence-corrected chi connectivity index (χ1v) is 20.9. The predicted molar refractivity (Wildman–Crippen MR) is 225 cm³/mol. The zero-order valence-corrected chi connectivity index (χ0v) is 35.1. The number of carbonyl (C=O) groups excluding carboxylic acids is 5. The van der Waals surface area contributed by atoms with Gasteiger partial charge in [0.05, 0.1) is 34.8 Å². The molecule has 0 radical (unpaired) electrons. The average molecular weight is 864 g/mol. The molecule has 5 N–H and O–H groups in total. The van der Waals surface area contributed by atoms with E-state index in [0.717, 1.165) is 35.8 Å². The molecule has 61 heavy (non-hydrogen) atoms. The minimum Gasteiger partial charge on any atom is -0.477 e. The number of carboxylic acids is 1. The van der Waals surface area contributed by atoms with Gasteiger partial charge in [0.2, 0.25) is 23.2 Å². The highest BCUT2D eigenvalue weighted by molar-refractivity contribution is 6.38. The van der Waals surface area contributed by atoms with Gasteiger partial charge in [-0.15, -0.1) is 0 Å². The number of anilines is 2. The number of hydroxylamine groups is 1. The van der Waals surface area contributed by atoms with Gasteiger partial charge in [-0.05, 0) is 74.6 Å². The van der Waals surface area contributed by atoms with E-state index in [0.29, 0.717) is 43.6 Å². The number of hydrogen-bond donors (Lipinski definition) is 5. The number of fused-ring (bicyclic) bond motifs is 1. The van der Waals surface area contributed by atoms with Crippen LogP contribution < -0.4 is 31.8 Å². The molecule has 2 fully saturated rings. The van der Waals surface area contributed by atoms with Crippen molar-refractivity contribution >= 4 is 69.4 Å². The van der Waals surface area contributed by atoms with Crippen molar-refractivity contribution in [1.29, 1.82) is 0 Å². The van der Waals surface area contributed by atoms with Gasteiger partial charge < -0.3 is 30.5 Å². The summed E-state index contributed by atoms with van der Waals surface area (Å²) in [5, 5.41) is 17.7. The number of aromatic nitrogens is 1. The number of aromatic carboxylic acids is 1. The summed E-state index contributed by atoms with van der Waals surface area (Å²) in [4.78, 5) is 95.0. The molecule has 3 atom stereocenters. The van der Waals surface area contributed by atoms with Crippen LogP contribution in [0.5, 0.6) is 0 Å². The highest BCUT2D eigenvalue weighted by atomic mass is 35.5. The number of imide groups is 1. The van der Waals surface area contributed by atoms with E-state index in [1.807, 2.05) is 11.8 Å². The topological polar surface area (TPSA) is 208 Å². The van der Waals surface area contributed by atoms with Crippen LogP contribution in [0, 0.1) is 17.7 Å². The number of halogens is 2. The Hall–Kier alpha value is -5.65. The summed E-state index contributed by atoms with van der Waals surface area (Å²) in [6.07, 6.45) is 7.99. The third-order valence-electron chi connectivity index (χ3n) is 11.2. The fourth-order valence-electron chi connectivity index (χ4n) is 7.60. The van der Waals surface area contributed by atoms with Crippen molar-refractivity contribution in [2.45, 2.75) is 90.4 Å². The van der Waals surface area contributed by atoms with Crippen LogP contribution >= 0.6 is 11.6 Å². The number of amides is 5. The normalized spacial score (nSPS) is 17.3. The number of benzene rings is 2. The van der Waals surface area contributed by atoms with Gasteiger partial charge in [-0.1, -0.05) is 44.0 Å². The van der Waals surface area contributed by atoms with Gasteiger partial charge in [0.25, 0.3) is 11.8 Å². The molecular formula is C43H51ClFN7O9. The Bertz CT molecular complexity index is 2260. The Labute approximate surface area is 356 Å². The summed E-state index contributed by atoms with van der Waals surface area (Å²) < 4.78 is 17.3. The van der Waals surface area contributed by atoms with Crippen LogP contribution in [0.15, 0.2) is 53.5 Å². The smallest absolute Gasteiger partial charge is 0.341 e. The molecule has 6 rings (SSSR count). The number of unbranched alkanes of at least 4 members (excludes halogenated alkanes) is 2. The predicted octanol–water partition coefficient (Wildman–Crippen LogP) is 4.44. The first-order valence-electron chi connectivity index (χ1n) is 20.5. The Morgan fingerprint density at radius 1 is 0.967 bits per heavy atom. The van der Waals surface area contributed by atoms with Crippen LogP contribution in [-0.4, -0.2) is 88.3 Å². The maximum atomic E-state index is 15.6. The fourth-order valence-corrected chi connectivity index (χ4v) is 8.01. The molecule has 1 aromatic heterocycles. The minimum atomic E-state index is -1.37. The molecule has 2 aromatic carbocycles. The Morgan fingerprint density at radius 3 is 2.33 bits per heavy atom. The molecule has 18 heteroatoms. The molecule has 326 valence electrons. The number of hydrogen-bond acceptors (Lipinski definition) is 10. The van der Waals surface area contributed by atoms with E-state index in [4.69, 9.17) is 16.4 Å². The number of carboxylic acid groups (broad SMARTS) is 1. The Balaban J connectivity index is 0.910. The van der Waals surface area contributed by atoms with Gasteiger partial charge >= 0.3 is 5.97 Å². The summed E-state index contributed by atoms with van der Waals surface area (Å²) in [5.41, 5.74) is 3.75. The van der Waals surface area contributed by atoms with E-state index >= 15 is 4.39 Å². The lowest BCUT2D eigenvalue weighted by atomic mass is 10.0. The first kappa shape index (κ1) is 44.9. The highest BCUT2D eigenvalue weighted by Crippen LogP contribution is 2.43. The van der Waals surface area contributed by atoms with Crippen LogP contribution in [0.1, 0.15) is 87.7 Å². The molecule has 3 heterocycles. The van der Waals surface area contributed by atoms with Crippen LogP contribution in [0.25, 0.3) is 10.9 Å². The van der Waals surface area contributed by atoms with Crippen molar-refractivity contribution in [1.82, 2.24) is 25.6 Å². The third-order valence-corrected chi connectivity index (χ3v) is 11.6. The molecule has 3 aromatic rings. The summed E-state index contributed by atoms with van der Waals surface area (Å²) in [7, 11) is 0. The quantitative estimate of drug-likeness (QED) is 0.0610. The van der Waals surface area contributed by atoms with Crippen molar-refractivity contribution in [3.63, 3.8) is 0 Å². The van der Waals surface area contributed by atoms with E-state index < -0.39 is 40.6 Å². The molecule has 2 aliphatic heterocycles. The fraction of sp³-hybridized carbons (Fsp3) is 0.465. The number of nitrogens with zero attached hydrogens (tertiary/aromatic N) is 3. The first-order chi connectivity index (χ1) is 29.1. The SMILES string of the molecule is CC(C)C(NC(=O)CCCCCN1C(=O)C=CC1=O)C(=O)NCC(=O)Nc1ccc(CONC(C)C2CCN(c3c(F)cc4c(=O)c(C(=O)O)cn(C5CC5)c4c3Cl)C2)cc1. The minimum absolute atomic E-state index is 0.00487. The average Bonchev–Trinajstić information content (AvgIpc) is 3.86. The molecule has 16 nitrogen and oxygen atoms in total. The standard InChI is InChI=1S/C43H51ClFN7O9/c1-24(2)38(48-33(53)7-5-4-6-17-51-35(55)14-15-36(51)56)42(58)46-20-34(54)47-28-10-8-26(9-11-28)23-61-49-25(3)27-16-18-50(21-27)40-32(45)19-30-39(37(40)44)52(29-12-13-29)22-31(41(30)57)43(59)60/h8-11,14-15,19,22,24-25,27,29,38,49H,4-7,12-13,16-18,20-21,23H2,1-3H3,(H,46,58)(H,47,54)(H,48,53)(H,59,60). The van der Waals surface area contributed by atoms with Crippen LogP contribution in [0.4, 0.5) is 15.8 Å². The lowest BCUT2D eigenvalue weighted by Crippen LogP contribution is -2.51.